The number of hydrogen-bond donors (Lipinski definition) is 2. The van der Waals surface area contributed by atoms with Crippen LogP contribution in [0.25, 0.3) is 11.5 Å². The van der Waals surface area contributed by atoms with E-state index in [-0.39, 0.29) is 17.6 Å². The number of amides is 1. The van der Waals surface area contributed by atoms with E-state index in [4.69, 9.17) is 4.42 Å². The summed E-state index contributed by atoms with van der Waals surface area (Å²) in [6, 6.07) is 4.80. The number of piperidine rings is 1. The van der Waals surface area contributed by atoms with Gasteiger partial charge < -0.3 is 14.4 Å². The van der Waals surface area contributed by atoms with E-state index in [0.717, 1.165) is 0 Å². The van der Waals surface area contributed by atoms with E-state index in [1.165, 1.54) is 0 Å². The summed E-state index contributed by atoms with van der Waals surface area (Å²) < 4.78 is 5.25. The van der Waals surface area contributed by atoms with E-state index in [1.54, 1.807) is 36.3 Å². The summed E-state index contributed by atoms with van der Waals surface area (Å²) >= 11 is 0. The molecule has 0 aromatic carbocycles. The average molecular weight is 303 g/mol. The van der Waals surface area contributed by atoms with E-state index >= 15 is 0 Å². The van der Waals surface area contributed by atoms with Crippen LogP contribution in [0.15, 0.2) is 28.9 Å². The highest BCUT2D eigenvalue weighted by Crippen LogP contribution is 2.26. The summed E-state index contributed by atoms with van der Waals surface area (Å²) in [5.74, 6) is -1.04. The molecular weight excluding hydrogens is 286 g/mol. The first-order valence-electron chi connectivity index (χ1n) is 7.21. The van der Waals surface area contributed by atoms with Crippen LogP contribution in [0.2, 0.25) is 0 Å². The number of nitrogens with zero attached hydrogens (tertiary/aromatic N) is 2. The number of carbonyl (C=O) groups is 2. The van der Waals surface area contributed by atoms with Crippen molar-refractivity contribution in [3.8, 4) is 11.5 Å². The number of likely N-dealkylation sites (tertiary alicyclic amines) is 1. The molecule has 0 spiro atoms. The molecule has 0 saturated carbocycles. The second-order valence-corrected chi connectivity index (χ2v) is 5.47. The SMILES string of the molecule is C[C@@H]1[C@H](C(=O)O)CCCN1C(=O)c1cc(-c2ccco2)[nH]n1. The Bertz CT molecular complexity index is 677. The predicted molar refractivity (Wildman–Crippen MR) is 77.1 cm³/mol. The number of aromatic nitrogens is 2. The van der Waals surface area contributed by atoms with Crippen LogP contribution in [-0.2, 0) is 4.79 Å². The zero-order valence-corrected chi connectivity index (χ0v) is 12.2. The van der Waals surface area contributed by atoms with Crippen LogP contribution in [0.4, 0.5) is 0 Å². The smallest absolute Gasteiger partial charge is 0.308 e. The molecule has 0 bridgehead atoms. The van der Waals surface area contributed by atoms with E-state index in [9.17, 15) is 14.7 Å². The van der Waals surface area contributed by atoms with Gasteiger partial charge in [0, 0.05) is 18.7 Å². The Labute approximate surface area is 126 Å². The molecule has 7 nitrogen and oxygen atoms in total. The zero-order chi connectivity index (χ0) is 15.7. The number of furan rings is 1. The molecular formula is C15H17N3O4. The minimum absolute atomic E-state index is 0.257. The molecule has 7 heteroatoms. The molecule has 2 aromatic rings. The quantitative estimate of drug-likeness (QED) is 0.903. The number of aliphatic carboxylic acids is 1. The molecule has 3 rings (SSSR count). The van der Waals surface area contributed by atoms with Crippen molar-refractivity contribution in [1.82, 2.24) is 15.1 Å². The Morgan fingerprint density at radius 1 is 1.50 bits per heavy atom. The molecule has 3 heterocycles. The fraction of sp³-hybridized carbons (Fsp3) is 0.400. The fourth-order valence-electron chi connectivity index (χ4n) is 2.90. The molecule has 0 radical (unpaired) electrons. The third-order valence-corrected chi connectivity index (χ3v) is 4.15. The van der Waals surface area contributed by atoms with Gasteiger partial charge in [-0.25, -0.2) is 0 Å². The number of carboxylic acids is 1. The first-order chi connectivity index (χ1) is 10.6. The Morgan fingerprint density at radius 3 is 3.00 bits per heavy atom. The topological polar surface area (TPSA) is 99.4 Å². The van der Waals surface area contributed by atoms with Gasteiger partial charge in [0.2, 0.25) is 0 Å². The highest BCUT2D eigenvalue weighted by atomic mass is 16.4. The van der Waals surface area contributed by atoms with Crippen molar-refractivity contribution in [2.45, 2.75) is 25.8 Å². The van der Waals surface area contributed by atoms with E-state index in [1.807, 2.05) is 0 Å². The number of rotatable bonds is 3. The molecule has 2 N–H and O–H groups in total. The molecule has 1 saturated heterocycles. The summed E-state index contributed by atoms with van der Waals surface area (Å²) in [5.41, 5.74) is 0.886. The maximum Gasteiger partial charge on any atom is 0.308 e. The van der Waals surface area contributed by atoms with Crippen molar-refractivity contribution in [2.75, 3.05) is 6.54 Å². The fourth-order valence-corrected chi connectivity index (χ4v) is 2.90. The van der Waals surface area contributed by atoms with Gasteiger partial charge in [0.1, 0.15) is 5.69 Å². The van der Waals surface area contributed by atoms with Crippen molar-refractivity contribution in [2.24, 2.45) is 5.92 Å². The van der Waals surface area contributed by atoms with Gasteiger partial charge in [-0.1, -0.05) is 0 Å². The van der Waals surface area contributed by atoms with Crippen LogP contribution >= 0.6 is 0 Å². The normalized spacial score (nSPS) is 21.8. The van der Waals surface area contributed by atoms with Crippen LogP contribution < -0.4 is 0 Å². The Morgan fingerprint density at radius 2 is 2.32 bits per heavy atom. The first-order valence-corrected chi connectivity index (χ1v) is 7.21. The predicted octanol–water partition coefficient (Wildman–Crippen LogP) is 1.99. The van der Waals surface area contributed by atoms with Gasteiger partial charge in [-0.2, -0.15) is 5.10 Å². The number of H-pyrrole nitrogens is 1. The minimum Gasteiger partial charge on any atom is -0.481 e. The maximum atomic E-state index is 12.6. The van der Waals surface area contributed by atoms with E-state index in [2.05, 4.69) is 10.2 Å². The summed E-state index contributed by atoms with van der Waals surface area (Å²) in [5, 5.41) is 16.0. The van der Waals surface area contributed by atoms with E-state index < -0.39 is 11.9 Å². The lowest BCUT2D eigenvalue weighted by atomic mass is 9.90. The van der Waals surface area contributed by atoms with Gasteiger partial charge in [-0.15, -0.1) is 0 Å². The van der Waals surface area contributed by atoms with Crippen LogP contribution in [0.3, 0.4) is 0 Å². The van der Waals surface area contributed by atoms with Gasteiger partial charge in [0.25, 0.3) is 5.91 Å². The van der Waals surface area contributed by atoms with Crippen LogP contribution in [-0.4, -0.2) is 44.7 Å². The maximum absolute atomic E-state index is 12.6. The van der Waals surface area contributed by atoms with Crippen molar-refractivity contribution in [3.05, 3.63) is 30.2 Å². The molecule has 1 aliphatic rings. The zero-order valence-electron chi connectivity index (χ0n) is 12.2. The van der Waals surface area contributed by atoms with Crippen LogP contribution in [0.1, 0.15) is 30.3 Å². The molecule has 1 fully saturated rings. The van der Waals surface area contributed by atoms with Crippen LogP contribution in [0, 0.1) is 5.92 Å². The number of aromatic amines is 1. The third kappa shape index (κ3) is 2.49. The standard InChI is InChI=1S/C15H17N3O4/c1-9-10(15(20)21)4-2-6-18(9)14(19)12-8-11(16-17-12)13-5-3-7-22-13/h3,5,7-10H,2,4,6H2,1H3,(H,16,17)(H,20,21)/t9-,10-/m1/s1. The molecule has 2 atom stereocenters. The summed E-state index contributed by atoms with van der Waals surface area (Å²) in [4.78, 5) is 25.4. The third-order valence-electron chi connectivity index (χ3n) is 4.15. The molecule has 0 aliphatic carbocycles. The molecule has 22 heavy (non-hydrogen) atoms. The number of carbonyl (C=O) groups excluding carboxylic acids is 1. The van der Waals surface area contributed by atoms with Gasteiger partial charge in [0.05, 0.1) is 12.2 Å². The summed E-state index contributed by atoms with van der Waals surface area (Å²) in [7, 11) is 0. The number of nitrogens with one attached hydrogen (secondary N) is 1. The number of hydrogen-bond acceptors (Lipinski definition) is 4. The highest BCUT2D eigenvalue weighted by molar-refractivity contribution is 5.94. The van der Waals surface area contributed by atoms with Crippen molar-refractivity contribution in [3.63, 3.8) is 0 Å². The van der Waals surface area contributed by atoms with Crippen molar-refractivity contribution < 1.29 is 19.1 Å². The lowest BCUT2D eigenvalue weighted by Gasteiger charge is -2.37. The Kier molecular flexibility index (Phi) is 3.70. The van der Waals surface area contributed by atoms with Gasteiger partial charge >= 0.3 is 5.97 Å². The largest absolute Gasteiger partial charge is 0.481 e. The second-order valence-electron chi connectivity index (χ2n) is 5.47. The Hall–Kier alpha value is -2.57. The monoisotopic (exact) mass is 303 g/mol. The summed E-state index contributed by atoms with van der Waals surface area (Å²) in [6.45, 7) is 2.32. The molecule has 2 aromatic heterocycles. The minimum atomic E-state index is -0.858. The molecule has 1 aliphatic heterocycles. The molecule has 116 valence electrons. The average Bonchev–Trinajstić information content (AvgIpc) is 3.17. The van der Waals surface area contributed by atoms with Crippen molar-refractivity contribution >= 4 is 11.9 Å². The van der Waals surface area contributed by atoms with Gasteiger partial charge in [-0.05, 0) is 31.9 Å². The Balaban J connectivity index is 1.80. The molecule has 1 amide bonds. The van der Waals surface area contributed by atoms with Gasteiger partial charge in [-0.3, -0.25) is 14.7 Å². The number of carboxylic acid groups (broad SMARTS) is 1. The van der Waals surface area contributed by atoms with Gasteiger partial charge in [0.15, 0.2) is 11.5 Å². The van der Waals surface area contributed by atoms with Crippen molar-refractivity contribution in [1.29, 1.82) is 0 Å². The molecule has 0 unspecified atom stereocenters. The highest BCUT2D eigenvalue weighted by Gasteiger charge is 2.36. The first kappa shape index (κ1) is 14.4. The second kappa shape index (κ2) is 5.67. The lowest BCUT2D eigenvalue weighted by molar-refractivity contribution is -0.144. The van der Waals surface area contributed by atoms with E-state index in [0.29, 0.717) is 30.8 Å². The lowest BCUT2D eigenvalue weighted by Crippen LogP contribution is -2.49. The van der Waals surface area contributed by atoms with Crippen LogP contribution in [0.5, 0.6) is 0 Å². The summed E-state index contributed by atoms with van der Waals surface area (Å²) in [6.07, 6.45) is 2.82.